The molecular weight excluding hydrogens is 180 g/mol. The van der Waals surface area contributed by atoms with Gasteiger partial charge in [0.1, 0.15) is 0 Å². The molecule has 0 atom stereocenters. The molecule has 1 aliphatic rings. The number of nitrogens with zero attached hydrogens (tertiary/aromatic N) is 2. The SMILES string of the molecule is CCC1CCN(c2nccs2)CC1. The largest absolute Gasteiger partial charge is 0.348 e. The van der Waals surface area contributed by atoms with Gasteiger partial charge in [-0.05, 0) is 18.8 Å². The summed E-state index contributed by atoms with van der Waals surface area (Å²) in [6.07, 6.45) is 5.92. The molecule has 0 bridgehead atoms. The van der Waals surface area contributed by atoms with Crippen LogP contribution >= 0.6 is 11.3 Å². The number of hydrogen-bond acceptors (Lipinski definition) is 3. The van der Waals surface area contributed by atoms with E-state index in [-0.39, 0.29) is 0 Å². The molecular formula is C10H16N2S. The minimum absolute atomic E-state index is 0.955. The summed E-state index contributed by atoms with van der Waals surface area (Å²) in [6.45, 7) is 4.70. The van der Waals surface area contributed by atoms with Crippen molar-refractivity contribution in [3.8, 4) is 0 Å². The Labute approximate surface area is 83.6 Å². The van der Waals surface area contributed by atoms with Crippen LogP contribution in [0.25, 0.3) is 0 Å². The molecule has 2 heterocycles. The number of piperidine rings is 1. The molecule has 1 fully saturated rings. The van der Waals surface area contributed by atoms with Crippen LogP contribution in [0.1, 0.15) is 26.2 Å². The van der Waals surface area contributed by atoms with Crippen molar-refractivity contribution in [2.24, 2.45) is 5.92 Å². The monoisotopic (exact) mass is 196 g/mol. The molecule has 0 radical (unpaired) electrons. The first-order chi connectivity index (χ1) is 6.40. The average molecular weight is 196 g/mol. The predicted molar refractivity (Wildman–Crippen MR) is 57.3 cm³/mol. The molecule has 0 N–H and O–H groups in total. The fourth-order valence-electron chi connectivity index (χ4n) is 1.90. The van der Waals surface area contributed by atoms with Gasteiger partial charge in [0.15, 0.2) is 5.13 Å². The van der Waals surface area contributed by atoms with Gasteiger partial charge in [0.25, 0.3) is 0 Å². The third-order valence-electron chi connectivity index (χ3n) is 2.88. The molecule has 2 nitrogen and oxygen atoms in total. The first-order valence-electron chi connectivity index (χ1n) is 5.04. The maximum atomic E-state index is 4.34. The van der Waals surface area contributed by atoms with Gasteiger partial charge in [-0.1, -0.05) is 13.3 Å². The minimum Gasteiger partial charge on any atom is -0.348 e. The van der Waals surface area contributed by atoms with Gasteiger partial charge in [-0.25, -0.2) is 4.98 Å². The van der Waals surface area contributed by atoms with E-state index in [4.69, 9.17) is 0 Å². The van der Waals surface area contributed by atoms with Crippen molar-refractivity contribution in [3.05, 3.63) is 11.6 Å². The number of thiazole rings is 1. The van der Waals surface area contributed by atoms with Gasteiger partial charge in [0, 0.05) is 24.7 Å². The minimum atomic E-state index is 0.955. The lowest BCUT2D eigenvalue weighted by atomic mass is 9.95. The molecule has 0 spiro atoms. The molecule has 0 saturated carbocycles. The highest BCUT2D eigenvalue weighted by molar-refractivity contribution is 7.13. The van der Waals surface area contributed by atoms with E-state index >= 15 is 0 Å². The van der Waals surface area contributed by atoms with Crippen LogP contribution in [0.2, 0.25) is 0 Å². The molecule has 0 amide bonds. The van der Waals surface area contributed by atoms with E-state index < -0.39 is 0 Å². The fraction of sp³-hybridized carbons (Fsp3) is 0.700. The van der Waals surface area contributed by atoms with Crippen molar-refractivity contribution in [2.45, 2.75) is 26.2 Å². The van der Waals surface area contributed by atoms with Crippen LogP contribution in [0, 0.1) is 5.92 Å². The number of anilines is 1. The van der Waals surface area contributed by atoms with Gasteiger partial charge in [-0.15, -0.1) is 11.3 Å². The van der Waals surface area contributed by atoms with Crippen LogP contribution in [-0.2, 0) is 0 Å². The zero-order valence-electron chi connectivity index (χ0n) is 8.07. The summed E-state index contributed by atoms with van der Waals surface area (Å²) in [6, 6.07) is 0. The van der Waals surface area contributed by atoms with Crippen LogP contribution in [0.4, 0.5) is 5.13 Å². The standard InChI is InChI=1S/C10H16N2S/c1-2-9-3-6-12(7-4-9)10-11-5-8-13-10/h5,8-9H,2-4,6-7H2,1H3. The van der Waals surface area contributed by atoms with Gasteiger partial charge >= 0.3 is 0 Å². The number of hydrogen-bond donors (Lipinski definition) is 0. The molecule has 1 aromatic heterocycles. The van der Waals surface area contributed by atoms with Crippen LogP contribution in [0.15, 0.2) is 11.6 Å². The summed E-state index contributed by atoms with van der Waals surface area (Å²) < 4.78 is 0. The molecule has 0 unspecified atom stereocenters. The molecule has 1 aliphatic heterocycles. The first kappa shape index (κ1) is 9.00. The zero-order valence-corrected chi connectivity index (χ0v) is 8.89. The molecule has 2 rings (SSSR count). The second kappa shape index (κ2) is 4.09. The highest BCUT2D eigenvalue weighted by Gasteiger charge is 2.18. The van der Waals surface area contributed by atoms with Crippen molar-refractivity contribution >= 4 is 16.5 Å². The maximum Gasteiger partial charge on any atom is 0.185 e. The second-order valence-electron chi connectivity index (χ2n) is 3.65. The van der Waals surface area contributed by atoms with Crippen LogP contribution in [0.5, 0.6) is 0 Å². The summed E-state index contributed by atoms with van der Waals surface area (Å²) in [4.78, 5) is 6.75. The van der Waals surface area contributed by atoms with Crippen molar-refractivity contribution in [1.29, 1.82) is 0 Å². The Morgan fingerprint density at radius 2 is 2.31 bits per heavy atom. The van der Waals surface area contributed by atoms with Crippen molar-refractivity contribution in [2.75, 3.05) is 18.0 Å². The first-order valence-corrected chi connectivity index (χ1v) is 5.92. The zero-order chi connectivity index (χ0) is 9.10. The molecule has 0 aromatic carbocycles. The van der Waals surface area contributed by atoms with E-state index in [2.05, 4.69) is 22.2 Å². The third kappa shape index (κ3) is 2.02. The Kier molecular flexibility index (Phi) is 2.83. The van der Waals surface area contributed by atoms with Crippen molar-refractivity contribution in [1.82, 2.24) is 4.98 Å². The van der Waals surface area contributed by atoms with Gasteiger partial charge < -0.3 is 4.90 Å². The summed E-state index contributed by atoms with van der Waals surface area (Å²) in [5.41, 5.74) is 0. The van der Waals surface area contributed by atoms with E-state index in [0.29, 0.717) is 0 Å². The number of aromatic nitrogens is 1. The molecule has 3 heteroatoms. The van der Waals surface area contributed by atoms with E-state index in [1.807, 2.05) is 6.20 Å². The van der Waals surface area contributed by atoms with Crippen LogP contribution < -0.4 is 4.90 Å². The Morgan fingerprint density at radius 3 is 2.85 bits per heavy atom. The maximum absolute atomic E-state index is 4.34. The summed E-state index contributed by atoms with van der Waals surface area (Å²) in [7, 11) is 0. The molecule has 1 aromatic rings. The van der Waals surface area contributed by atoms with Crippen molar-refractivity contribution in [3.63, 3.8) is 0 Å². The fourth-order valence-corrected chi connectivity index (χ4v) is 2.60. The average Bonchev–Trinajstić information content (AvgIpc) is 2.71. The smallest absolute Gasteiger partial charge is 0.185 e. The van der Waals surface area contributed by atoms with Crippen LogP contribution in [0.3, 0.4) is 0 Å². The molecule has 13 heavy (non-hydrogen) atoms. The lowest BCUT2D eigenvalue weighted by molar-refractivity contribution is 0.395. The van der Waals surface area contributed by atoms with Gasteiger partial charge in [-0.3, -0.25) is 0 Å². The lowest BCUT2D eigenvalue weighted by Gasteiger charge is -2.31. The topological polar surface area (TPSA) is 16.1 Å². The Balaban J connectivity index is 1.92. The highest BCUT2D eigenvalue weighted by Crippen LogP contribution is 2.25. The molecule has 1 saturated heterocycles. The quantitative estimate of drug-likeness (QED) is 0.723. The van der Waals surface area contributed by atoms with E-state index in [9.17, 15) is 0 Å². The summed E-state index contributed by atoms with van der Waals surface area (Å²) in [5.74, 6) is 0.955. The van der Waals surface area contributed by atoms with Gasteiger partial charge in [0.05, 0.1) is 0 Å². The Morgan fingerprint density at radius 1 is 1.54 bits per heavy atom. The lowest BCUT2D eigenvalue weighted by Crippen LogP contribution is -2.33. The summed E-state index contributed by atoms with van der Waals surface area (Å²) >= 11 is 1.75. The molecule has 0 aliphatic carbocycles. The number of rotatable bonds is 2. The van der Waals surface area contributed by atoms with Gasteiger partial charge in [-0.2, -0.15) is 0 Å². The molecule has 72 valence electrons. The normalized spacial score (nSPS) is 19.3. The Bertz CT molecular complexity index is 237. The van der Waals surface area contributed by atoms with Crippen LogP contribution in [-0.4, -0.2) is 18.1 Å². The highest BCUT2D eigenvalue weighted by atomic mass is 32.1. The van der Waals surface area contributed by atoms with Crippen molar-refractivity contribution < 1.29 is 0 Å². The van der Waals surface area contributed by atoms with E-state index in [1.54, 1.807) is 11.3 Å². The Hall–Kier alpha value is -0.570. The van der Waals surface area contributed by atoms with E-state index in [0.717, 1.165) is 5.92 Å². The second-order valence-corrected chi connectivity index (χ2v) is 4.53. The summed E-state index contributed by atoms with van der Waals surface area (Å²) in [5, 5.41) is 3.26. The van der Waals surface area contributed by atoms with Gasteiger partial charge in [0.2, 0.25) is 0 Å². The third-order valence-corrected chi connectivity index (χ3v) is 3.71. The van der Waals surface area contributed by atoms with E-state index in [1.165, 1.54) is 37.5 Å². The predicted octanol–water partition coefficient (Wildman–Crippen LogP) is 2.77.